The molecule has 0 saturated carbocycles. The number of terminal acetylenes is 1. The van der Waals surface area contributed by atoms with Crippen LogP contribution in [0.15, 0.2) is 11.6 Å². The van der Waals surface area contributed by atoms with E-state index in [1.54, 1.807) is 11.0 Å². The minimum Gasteiger partial charge on any atom is -0.444 e. The summed E-state index contributed by atoms with van der Waals surface area (Å²) in [4.78, 5) is 14.3. The molecular formula is C19H29NO3Si. The summed E-state index contributed by atoms with van der Waals surface area (Å²) in [7, 11) is -1.57. The maximum absolute atomic E-state index is 12.7. The van der Waals surface area contributed by atoms with Gasteiger partial charge in [-0.15, -0.1) is 12.0 Å². The highest BCUT2D eigenvalue weighted by molar-refractivity contribution is 6.83. The number of hydrogen-bond acceptors (Lipinski definition) is 3. The minimum absolute atomic E-state index is 0.338. The molecule has 0 spiro atoms. The molecule has 1 atom stereocenters. The zero-order valence-electron chi connectivity index (χ0n) is 16.1. The molecule has 5 heteroatoms. The molecule has 1 rings (SSSR count). The minimum atomic E-state index is -1.57. The molecule has 1 aliphatic heterocycles. The fourth-order valence-corrected chi connectivity index (χ4v) is 2.77. The highest BCUT2D eigenvalue weighted by atomic mass is 28.3. The van der Waals surface area contributed by atoms with E-state index in [1.165, 1.54) is 0 Å². The second kappa shape index (κ2) is 7.05. The fourth-order valence-electron chi connectivity index (χ4n) is 2.25. The SMILES string of the molecule is C#C/C=C(\C#C[Si](C)(C)C)[C@@H]1COC(C)(C)N1C(=O)OC(C)(C)C. The van der Waals surface area contributed by atoms with Crippen LogP contribution in [0.1, 0.15) is 34.6 Å². The summed E-state index contributed by atoms with van der Waals surface area (Å²) in [6.07, 6.45) is 6.67. The molecule has 0 aromatic heterocycles. The van der Waals surface area contributed by atoms with Crippen LogP contribution >= 0.6 is 0 Å². The van der Waals surface area contributed by atoms with Crippen molar-refractivity contribution in [3.05, 3.63) is 11.6 Å². The second-order valence-corrected chi connectivity index (χ2v) is 13.1. The Kier molecular flexibility index (Phi) is 5.98. The Bertz CT molecular complexity index is 618. The van der Waals surface area contributed by atoms with Gasteiger partial charge >= 0.3 is 6.09 Å². The summed E-state index contributed by atoms with van der Waals surface area (Å²) in [5.41, 5.74) is 2.67. The Labute approximate surface area is 147 Å². The van der Waals surface area contributed by atoms with Crippen LogP contribution in [0.4, 0.5) is 4.79 Å². The van der Waals surface area contributed by atoms with Gasteiger partial charge in [0.15, 0.2) is 0 Å². The van der Waals surface area contributed by atoms with Gasteiger partial charge in [-0.05, 0) is 34.6 Å². The van der Waals surface area contributed by atoms with Crippen LogP contribution in [0.2, 0.25) is 19.6 Å². The van der Waals surface area contributed by atoms with Crippen molar-refractivity contribution in [2.75, 3.05) is 6.61 Å². The average molecular weight is 348 g/mol. The summed E-state index contributed by atoms with van der Waals surface area (Å²) in [5.74, 6) is 5.72. The predicted molar refractivity (Wildman–Crippen MR) is 99.9 cm³/mol. The molecule has 132 valence electrons. The molecule has 0 bridgehead atoms. The van der Waals surface area contributed by atoms with Gasteiger partial charge in [-0.25, -0.2) is 4.79 Å². The third kappa shape index (κ3) is 5.74. The Hall–Kier alpha value is -1.69. The first-order valence-corrected chi connectivity index (χ1v) is 11.6. The highest BCUT2D eigenvalue weighted by Gasteiger charge is 2.46. The van der Waals surface area contributed by atoms with Crippen molar-refractivity contribution in [2.45, 2.75) is 71.6 Å². The van der Waals surface area contributed by atoms with E-state index in [9.17, 15) is 4.79 Å². The van der Waals surface area contributed by atoms with Crippen molar-refractivity contribution in [2.24, 2.45) is 0 Å². The zero-order valence-corrected chi connectivity index (χ0v) is 17.1. The first kappa shape index (κ1) is 20.4. The van der Waals surface area contributed by atoms with Crippen LogP contribution in [0, 0.1) is 23.8 Å². The maximum atomic E-state index is 12.7. The van der Waals surface area contributed by atoms with Crippen LogP contribution in [0.5, 0.6) is 0 Å². The number of carbonyl (C=O) groups is 1. The molecule has 4 nitrogen and oxygen atoms in total. The molecule has 0 unspecified atom stereocenters. The van der Waals surface area contributed by atoms with E-state index in [1.807, 2.05) is 34.6 Å². The van der Waals surface area contributed by atoms with Gasteiger partial charge in [-0.3, -0.25) is 4.90 Å². The van der Waals surface area contributed by atoms with Gasteiger partial charge in [0, 0.05) is 11.6 Å². The number of nitrogens with zero attached hydrogens (tertiary/aromatic N) is 1. The number of carbonyl (C=O) groups excluding carboxylic acids is 1. The molecule has 1 saturated heterocycles. The van der Waals surface area contributed by atoms with Gasteiger partial charge in [0.1, 0.15) is 19.4 Å². The van der Waals surface area contributed by atoms with Crippen molar-refractivity contribution >= 4 is 14.2 Å². The van der Waals surface area contributed by atoms with Gasteiger partial charge in [-0.1, -0.05) is 31.5 Å². The molecular weight excluding hydrogens is 318 g/mol. The molecule has 0 aliphatic carbocycles. The topological polar surface area (TPSA) is 38.8 Å². The van der Waals surface area contributed by atoms with Crippen LogP contribution < -0.4 is 0 Å². The highest BCUT2D eigenvalue weighted by Crippen LogP contribution is 2.32. The van der Waals surface area contributed by atoms with E-state index in [0.717, 1.165) is 5.57 Å². The van der Waals surface area contributed by atoms with Crippen molar-refractivity contribution in [3.8, 4) is 23.8 Å². The van der Waals surface area contributed by atoms with Gasteiger partial charge in [0.25, 0.3) is 0 Å². The number of ether oxygens (including phenoxy) is 2. The van der Waals surface area contributed by atoms with Crippen LogP contribution in [-0.4, -0.2) is 43.0 Å². The summed E-state index contributed by atoms with van der Waals surface area (Å²) >= 11 is 0. The summed E-state index contributed by atoms with van der Waals surface area (Å²) in [5, 5.41) is 0. The maximum Gasteiger partial charge on any atom is 0.413 e. The zero-order chi connectivity index (χ0) is 18.8. The predicted octanol–water partition coefficient (Wildman–Crippen LogP) is 3.80. The summed E-state index contributed by atoms with van der Waals surface area (Å²) < 4.78 is 11.4. The lowest BCUT2D eigenvalue weighted by Crippen LogP contribution is -2.50. The Morgan fingerprint density at radius 2 is 1.96 bits per heavy atom. The largest absolute Gasteiger partial charge is 0.444 e. The molecule has 0 radical (unpaired) electrons. The molecule has 0 aromatic carbocycles. The number of amides is 1. The van der Waals surface area contributed by atoms with Crippen molar-refractivity contribution in [3.63, 3.8) is 0 Å². The van der Waals surface area contributed by atoms with Crippen LogP contribution in [0.3, 0.4) is 0 Å². The molecule has 0 aromatic rings. The first-order chi connectivity index (χ1) is 10.8. The van der Waals surface area contributed by atoms with Gasteiger partial charge in [-0.2, -0.15) is 0 Å². The van der Waals surface area contributed by atoms with Gasteiger partial charge < -0.3 is 9.47 Å². The number of allylic oxidation sites excluding steroid dienone is 1. The van der Waals surface area contributed by atoms with Gasteiger partial charge in [0.05, 0.1) is 12.6 Å². The van der Waals surface area contributed by atoms with Crippen LogP contribution in [-0.2, 0) is 9.47 Å². The molecule has 0 N–H and O–H groups in total. The average Bonchev–Trinajstić information content (AvgIpc) is 2.67. The van der Waals surface area contributed by atoms with Crippen molar-refractivity contribution in [1.82, 2.24) is 4.90 Å². The van der Waals surface area contributed by atoms with E-state index in [0.29, 0.717) is 6.61 Å². The lowest BCUT2D eigenvalue weighted by atomic mass is 10.1. The molecule has 1 fully saturated rings. The van der Waals surface area contributed by atoms with E-state index in [2.05, 4.69) is 37.0 Å². The lowest BCUT2D eigenvalue weighted by Gasteiger charge is -2.35. The van der Waals surface area contributed by atoms with E-state index in [4.69, 9.17) is 15.9 Å². The monoisotopic (exact) mass is 347 g/mol. The number of rotatable bonds is 1. The Morgan fingerprint density at radius 3 is 2.42 bits per heavy atom. The molecule has 24 heavy (non-hydrogen) atoms. The standard InChI is InChI=1S/C19H29NO3Si/c1-10-11-15(12-13-24(7,8)9)16-14-22-19(5,6)20(16)17(21)23-18(2,3)4/h1,11,16H,14H2,2-9H3/b15-11+/t16-/m0/s1. The first-order valence-electron chi connectivity index (χ1n) is 8.12. The van der Waals surface area contributed by atoms with Crippen LogP contribution in [0.25, 0.3) is 0 Å². The summed E-state index contributed by atoms with van der Waals surface area (Å²) in [6.45, 7) is 16.0. The second-order valence-electron chi connectivity index (χ2n) is 8.39. The molecule has 1 aliphatic rings. The normalized spacial score (nSPS) is 20.9. The lowest BCUT2D eigenvalue weighted by molar-refractivity contribution is -0.0612. The Morgan fingerprint density at radius 1 is 1.38 bits per heavy atom. The Balaban J connectivity index is 3.22. The third-order valence-corrected chi connectivity index (χ3v) is 4.13. The quantitative estimate of drug-likeness (QED) is 0.535. The van der Waals surface area contributed by atoms with Crippen molar-refractivity contribution in [1.29, 1.82) is 0 Å². The smallest absolute Gasteiger partial charge is 0.413 e. The molecule has 1 amide bonds. The molecule has 1 heterocycles. The van der Waals surface area contributed by atoms with Gasteiger partial charge in [0.2, 0.25) is 0 Å². The third-order valence-electron chi connectivity index (χ3n) is 3.26. The van der Waals surface area contributed by atoms with E-state index < -0.39 is 25.5 Å². The fraction of sp³-hybridized carbons (Fsp3) is 0.632. The van der Waals surface area contributed by atoms with E-state index in [-0.39, 0.29) is 6.04 Å². The summed E-state index contributed by atoms with van der Waals surface area (Å²) in [6, 6.07) is -0.338. The van der Waals surface area contributed by atoms with E-state index >= 15 is 0 Å². The van der Waals surface area contributed by atoms with Crippen molar-refractivity contribution < 1.29 is 14.3 Å². The number of hydrogen-bond donors (Lipinski definition) is 0.